The Hall–Kier alpha value is -2.69. The van der Waals surface area contributed by atoms with Crippen molar-refractivity contribution in [3.8, 4) is 11.1 Å². The highest BCUT2D eigenvalue weighted by molar-refractivity contribution is 5.85. The van der Waals surface area contributed by atoms with Crippen LogP contribution in [0.5, 0.6) is 0 Å². The van der Waals surface area contributed by atoms with E-state index in [1.807, 2.05) is 36.2 Å². The number of nitrogens with one attached hydrogen (secondary N) is 1. The molecule has 32 heavy (non-hydrogen) atoms. The van der Waals surface area contributed by atoms with Gasteiger partial charge in [-0.3, -0.25) is 14.6 Å². The summed E-state index contributed by atoms with van der Waals surface area (Å²) >= 11 is 0. The number of carbonyl (C=O) groups excluding carboxylic acids is 2. The molecule has 1 atom stereocenters. The fraction of sp³-hybridized carbons (Fsp3) is 0.519. The summed E-state index contributed by atoms with van der Waals surface area (Å²) in [6.07, 6.45) is 11.4. The van der Waals surface area contributed by atoms with Crippen molar-refractivity contribution >= 4 is 11.8 Å². The van der Waals surface area contributed by atoms with Crippen LogP contribution in [-0.4, -0.2) is 41.3 Å². The highest BCUT2D eigenvalue weighted by atomic mass is 16.2. The maximum atomic E-state index is 13.4. The first-order valence-corrected chi connectivity index (χ1v) is 12.2. The van der Waals surface area contributed by atoms with Crippen LogP contribution in [0.3, 0.4) is 0 Å². The molecule has 2 aromatic rings. The van der Waals surface area contributed by atoms with Gasteiger partial charge in [0.1, 0.15) is 0 Å². The van der Waals surface area contributed by atoms with E-state index in [1.54, 1.807) is 6.20 Å². The van der Waals surface area contributed by atoms with Gasteiger partial charge in [0, 0.05) is 44.0 Å². The number of hydrogen-bond acceptors (Lipinski definition) is 3. The summed E-state index contributed by atoms with van der Waals surface area (Å²) in [4.78, 5) is 32.8. The Kier molecular flexibility index (Phi) is 7.23. The summed E-state index contributed by atoms with van der Waals surface area (Å²) in [5.74, 6) is 0.819. The van der Waals surface area contributed by atoms with E-state index in [0.717, 1.165) is 36.1 Å². The number of pyridine rings is 1. The molecule has 2 heterocycles. The standard InChI is InChI=1S/C27H35N3O2/c1-2-29-26(32)27(14-8-16-30(20-27)25(31)17-21-9-3-4-10-21)18-22-11-5-6-13-24(22)23-12-7-15-28-19-23/h5-7,11-13,15,19,21H,2-4,8-10,14,16-18,20H2,1H3,(H,29,32). The first-order valence-electron chi connectivity index (χ1n) is 12.2. The van der Waals surface area contributed by atoms with Crippen LogP contribution in [0.15, 0.2) is 48.8 Å². The largest absolute Gasteiger partial charge is 0.356 e. The summed E-state index contributed by atoms with van der Waals surface area (Å²) in [5.41, 5.74) is 2.70. The van der Waals surface area contributed by atoms with E-state index in [0.29, 0.717) is 31.8 Å². The van der Waals surface area contributed by atoms with Gasteiger partial charge >= 0.3 is 0 Å². The Morgan fingerprint density at radius 3 is 2.69 bits per heavy atom. The molecule has 2 aliphatic rings. The Morgan fingerprint density at radius 1 is 1.12 bits per heavy atom. The monoisotopic (exact) mass is 433 g/mol. The van der Waals surface area contributed by atoms with Crippen molar-refractivity contribution in [1.29, 1.82) is 0 Å². The number of likely N-dealkylation sites (tertiary alicyclic amines) is 1. The Balaban J connectivity index is 1.60. The SMILES string of the molecule is CCNC(=O)C1(Cc2ccccc2-c2cccnc2)CCCN(C(=O)CC2CCCC2)C1. The van der Waals surface area contributed by atoms with Gasteiger partial charge in [-0.25, -0.2) is 0 Å². The third kappa shape index (κ3) is 5.03. The van der Waals surface area contributed by atoms with Crippen molar-refractivity contribution in [2.75, 3.05) is 19.6 Å². The summed E-state index contributed by atoms with van der Waals surface area (Å²) in [6, 6.07) is 12.3. The summed E-state index contributed by atoms with van der Waals surface area (Å²) < 4.78 is 0. The van der Waals surface area contributed by atoms with E-state index < -0.39 is 5.41 Å². The average Bonchev–Trinajstić information content (AvgIpc) is 3.33. The number of rotatable bonds is 7. The lowest BCUT2D eigenvalue weighted by Gasteiger charge is -2.42. The molecule has 1 aromatic carbocycles. The van der Waals surface area contributed by atoms with Crippen molar-refractivity contribution in [1.82, 2.24) is 15.2 Å². The third-order valence-corrected chi connectivity index (χ3v) is 7.21. The van der Waals surface area contributed by atoms with Crippen LogP contribution in [0, 0.1) is 11.3 Å². The topological polar surface area (TPSA) is 62.3 Å². The minimum atomic E-state index is -0.599. The van der Waals surface area contributed by atoms with E-state index in [1.165, 1.54) is 25.7 Å². The molecule has 1 aliphatic heterocycles. The molecule has 1 saturated heterocycles. The van der Waals surface area contributed by atoms with Crippen molar-refractivity contribution in [3.05, 3.63) is 54.4 Å². The van der Waals surface area contributed by atoms with Gasteiger partial charge in [0.15, 0.2) is 0 Å². The summed E-state index contributed by atoms with van der Waals surface area (Å²) in [7, 11) is 0. The number of nitrogens with zero attached hydrogens (tertiary/aromatic N) is 2. The summed E-state index contributed by atoms with van der Waals surface area (Å²) in [5, 5.41) is 3.08. The predicted octanol–water partition coefficient (Wildman–Crippen LogP) is 4.62. The normalized spacial score (nSPS) is 21.5. The Labute approximate surface area is 191 Å². The van der Waals surface area contributed by atoms with Gasteiger partial charge in [-0.1, -0.05) is 43.2 Å². The molecular weight excluding hydrogens is 398 g/mol. The van der Waals surface area contributed by atoms with Crippen molar-refractivity contribution < 1.29 is 9.59 Å². The molecule has 5 nitrogen and oxygen atoms in total. The lowest BCUT2D eigenvalue weighted by molar-refractivity contribution is -0.142. The zero-order valence-electron chi connectivity index (χ0n) is 19.2. The highest BCUT2D eigenvalue weighted by Crippen LogP contribution is 2.38. The van der Waals surface area contributed by atoms with Gasteiger partial charge < -0.3 is 10.2 Å². The second-order valence-electron chi connectivity index (χ2n) is 9.49. The molecule has 5 heteroatoms. The minimum absolute atomic E-state index is 0.0688. The second kappa shape index (κ2) is 10.3. The number of hydrogen-bond donors (Lipinski definition) is 1. The Morgan fingerprint density at radius 2 is 1.94 bits per heavy atom. The van der Waals surface area contributed by atoms with E-state index in [2.05, 4.69) is 28.5 Å². The lowest BCUT2D eigenvalue weighted by Crippen LogP contribution is -2.54. The average molecular weight is 434 g/mol. The van der Waals surface area contributed by atoms with Gasteiger partial charge in [0.25, 0.3) is 0 Å². The van der Waals surface area contributed by atoms with Gasteiger partial charge in [-0.2, -0.15) is 0 Å². The quantitative estimate of drug-likeness (QED) is 0.693. The highest BCUT2D eigenvalue weighted by Gasteiger charge is 2.43. The van der Waals surface area contributed by atoms with Crippen LogP contribution in [0.4, 0.5) is 0 Å². The van der Waals surface area contributed by atoms with Crippen LogP contribution in [-0.2, 0) is 16.0 Å². The number of carbonyl (C=O) groups is 2. The van der Waals surface area contributed by atoms with Crippen LogP contribution in [0.2, 0.25) is 0 Å². The fourth-order valence-corrected chi connectivity index (χ4v) is 5.54. The predicted molar refractivity (Wildman–Crippen MR) is 127 cm³/mol. The van der Waals surface area contributed by atoms with Gasteiger partial charge in [-0.05, 0) is 62.1 Å². The zero-order valence-corrected chi connectivity index (χ0v) is 19.2. The third-order valence-electron chi connectivity index (χ3n) is 7.21. The molecule has 1 N–H and O–H groups in total. The molecule has 0 spiro atoms. The smallest absolute Gasteiger partial charge is 0.228 e. The minimum Gasteiger partial charge on any atom is -0.356 e. The molecule has 1 unspecified atom stereocenters. The molecule has 0 bridgehead atoms. The summed E-state index contributed by atoms with van der Waals surface area (Å²) in [6.45, 7) is 3.82. The fourth-order valence-electron chi connectivity index (χ4n) is 5.54. The molecule has 1 saturated carbocycles. The van der Waals surface area contributed by atoms with Crippen LogP contribution in [0.1, 0.15) is 57.4 Å². The van der Waals surface area contributed by atoms with E-state index >= 15 is 0 Å². The molecule has 170 valence electrons. The lowest BCUT2D eigenvalue weighted by atomic mass is 9.73. The zero-order chi connectivity index (χ0) is 22.4. The maximum absolute atomic E-state index is 13.4. The molecule has 4 rings (SSSR count). The number of aromatic nitrogens is 1. The van der Waals surface area contributed by atoms with E-state index in [-0.39, 0.29) is 11.8 Å². The molecule has 1 aromatic heterocycles. The maximum Gasteiger partial charge on any atom is 0.228 e. The van der Waals surface area contributed by atoms with Crippen molar-refractivity contribution in [2.24, 2.45) is 11.3 Å². The molecule has 2 fully saturated rings. The van der Waals surface area contributed by atoms with Crippen LogP contribution >= 0.6 is 0 Å². The van der Waals surface area contributed by atoms with Gasteiger partial charge in [0.05, 0.1) is 5.41 Å². The van der Waals surface area contributed by atoms with Crippen molar-refractivity contribution in [2.45, 2.75) is 58.3 Å². The molecule has 0 radical (unpaired) electrons. The van der Waals surface area contributed by atoms with E-state index in [4.69, 9.17) is 0 Å². The Bertz CT molecular complexity index is 924. The molecule has 1 aliphatic carbocycles. The van der Waals surface area contributed by atoms with E-state index in [9.17, 15) is 9.59 Å². The van der Waals surface area contributed by atoms with Gasteiger partial charge in [0.2, 0.25) is 11.8 Å². The second-order valence-corrected chi connectivity index (χ2v) is 9.49. The number of piperidine rings is 1. The molecule has 2 amide bonds. The van der Waals surface area contributed by atoms with Crippen molar-refractivity contribution in [3.63, 3.8) is 0 Å². The first kappa shape index (κ1) is 22.5. The molecular formula is C27H35N3O2. The first-order chi connectivity index (χ1) is 15.6. The van der Waals surface area contributed by atoms with Crippen LogP contribution < -0.4 is 5.32 Å². The van der Waals surface area contributed by atoms with Crippen LogP contribution in [0.25, 0.3) is 11.1 Å². The van der Waals surface area contributed by atoms with Gasteiger partial charge in [-0.15, -0.1) is 0 Å². The number of benzene rings is 1. The number of amides is 2.